The second kappa shape index (κ2) is 8.50. The number of hydrogen-bond acceptors (Lipinski definition) is 2. The van der Waals surface area contributed by atoms with E-state index in [-0.39, 0.29) is 5.91 Å². The van der Waals surface area contributed by atoms with Gasteiger partial charge in [0, 0.05) is 11.8 Å². The van der Waals surface area contributed by atoms with Crippen molar-refractivity contribution in [2.24, 2.45) is 0 Å². The Kier molecular flexibility index (Phi) is 5.85. The highest BCUT2D eigenvalue weighted by Gasteiger charge is 2.16. The fourth-order valence-electron chi connectivity index (χ4n) is 3.10. The fraction of sp³-hybridized carbons (Fsp3) is 0.350. The summed E-state index contributed by atoms with van der Waals surface area (Å²) in [6.45, 7) is 2.75. The molecule has 0 aliphatic carbocycles. The monoisotopic (exact) mass is 325 g/mol. The number of rotatable bonds is 5. The van der Waals surface area contributed by atoms with Crippen molar-refractivity contribution in [2.45, 2.75) is 25.7 Å². The summed E-state index contributed by atoms with van der Waals surface area (Å²) in [6.07, 6.45) is 5.04. The van der Waals surface area contributed by atoms with E-state index in [1.54, 1.807) is 0 Å². The van der Waals surface area contributed by atoms with Crippen LogP contribution in [0.5, 0.6) is 11.5 Å². The molecule has 0 aromatic heterocycles. The molecule has 1 saturated heterocycles. The van der Waals surface area contributed by atoms with Gasteiger partial charge in [0.1, 0.15) is 11.5 Å². The Morgan fingerprint density at radius 1 is 0.917 bits per heavy atom. The zero-order valence-corrected chi connectivity index (χ0v) is 14.0. The predicted molar refractivity (Wildman–Crippen MR) is 95.6 cm³/mol. The summed E-state index contributed by atoms with van der Waals surface area (Å²) in [7, 11) is 0. The Morgan fingerprint density at radius 3 is 2.38 bits per heavy atom. The lowest BCUT2D eigenvalue weighted by molar-refractivity contribution is -0.890. The van der Waals surface area contributed by atoms with Crippen LogP contribution in [0.3, 0.4) is 0 Å². The maximum Gasteiger partial charge on any atom is 0.279 e. The largest absolute Gasteiger partial charge is 0.457 e. The van der Waals surface area contributed by atoms with Crippen LogP contribution in [0.15, 0.2) is 54.6 Å². The van der Waals surface area contributed by atoms with Crippen molar-refractivity contribution < 1.29 is 14.4 Å². The highest BCUT2D eigenvalue weighted by Crippen LogP contribution is 2.23. The fourth-order valence-corrected chi connectivity index (χ4v) is 3.10. The number of nitrogens with one attached hydrogen (secondary N) is 2. The van der Waals surface area contributed by atoms with Gasteiger partial charge in [-0.25, -0.2) is 0 Å². The van der Waals surface area contributed by atoms with Gasteiger partial charge in [-0.2, -0.15) is 0 Å². The molecule has 0 radical (unpaired) electrons. The molecule has 4 heteroatoms. The number of para-hydroxylation sites is 1. The molecule has 2 aromatic rings. The van der Waals surface area contributed by atoms with Crippen molar-refractivity contribution in [1.29, 1.82) is 0 Å². The number of carbonyl (C=O) groups excluding carboxylic acids is 1. The van der Waals surface area contributed by atoms with E-state index >= 15 is 0 Å². The van der Waals surface area contributed by atoms with E-state index in [0.717, 1.165) is 30.3 Å². The first-order valence-electron chi connectivity index (χ1n) is 8.76. The average molecular weight is 325 g/mol. The molecule has 1 aliphatic heterocycles. The van der Waals surface area contributed by atoms with Crippen LogP contribution >= 0.6 is 0 Å². The Labute approximate surface area is 143 Å². The molecule has 1 aliphatic rings. The minimum atomic E-state index is 0.0729. The van der Waals surface area contributed by atoms with Gasteiger partial charge >= 0.3 is 0 Å². The summed E-state index contributed by atoms with van der Waals surface area (Å²) >= 11 is 0. The summed E-state index contributed by atoms with van der Waals surface area (Å²) in [4.78, 5) is 13.7. The zero-order valence-electron chi connectivity index (χ0n) is 14.0. The maximum absolute atomic E-state index is 12.3. The standard InChI is InChI=1S/C20H24N2O2/c23-20(16-22-13-6-1-2-7-14-22)21-17-9-8-12-19(15-17)24-18-10-4-3-5-11-18/h3-5,8-12,15H,1-2,6-7,13-14,16H2,(H,21,23)/p+1. The van der Waals surface area contributed by atoms with E-state index in [0.29, 0.717) is 6.54 Å². The first-order chi connectivity index (χ1) is 11.8. The number of hydrogen-bond donors (Lipinski definition) is 2. The number of amides is 1. The number of anilines is 1. The number of quaternary nitrogens is 1. The first kappa shape index (κ1) is 16.5. The molecule has 3 rings (SSSR count). The van der Waals surface area contributed by atoms with Gasteiger partial charge in [0.15, 0.2) is 6.54 Å². The van der Waals surface area contributed by atoms with Crippen molar-refractivity contribution in [2.75, 3.05) is 25.0 Å². The highest BCUT2D eigenvalue weighted by atomic mass is 16.5. The molecule has 1 heterocycles. The van der Waals surface area contributed by atoms with Gasteiger partial charge in [-0.3, -0.25) is 4.79 Å². The minimum absolute atomic E-state index is 0.0729. The molecule has 0 bridgehead atoms. The Hall–Kier alpha value is -2.33. The van der Waals surface area contributed by atoms with E-state index in [2.05, 4.69) is 5.32 Å². The van der Waals surface area contributed by atoms with Gasteiger partial charge in [-0.15, -0.1) is 0 Å². The Balaban J connectivity index is 1.56. The van der Waals surface area contributed by atoms with Crippen molar-refractivity contribution >= 4 is 11.6 Å². The van der Waals surface area contributed by atoms with Crippen LogP contribution in [-0.2, 0) is 4.79 Å². The van der Waals surface area contributed by atoms with Crippen molar-refractivity contribution in [1.82, 2.24) is 0 Å². The molecule has 2 aromatic carbocycles. The highest BCUT2D eigenvalue weighted by molar-refractivity contribution is 5.91. The molecule has 0 saturated carbocycles. The molecular formula is C20H25N2O2+. The van der Waals surface area contributed by atoms with Gasteiger partial charge in [0.2, 0.25) is 0 Å². The lowest BCUT2D eigenvalue weighted by atomic mass is 10.2. The van der Waals surface area contributed by atoms with Crippen LogP contribution < -0.4 is 15.0 Å². The van der Waals surface area contributed by atoms with Gasteiger partial charge in [-0.1, -0.05) is 24.3 Å². The minimum Gasteiger partial charge on any atom is -0.457 e. The van der Waals surface area contributed by atoms with E-state index in [9.17, 15) is 4.79 Å². The van der Waals surface area contributed by atoms with E-state index < -0.39 is 0 Å². The third kappa shape index (κ3) is 5.10. The third-order valence-corrected chi connectivity index (χ3v) is 4.32. The van der Waals surface area contributed by atoms with Gasteiger partial charge in [-0.05, 0) is 49.9 Å². The Morgan fingerprint density at radius 2 is 1.62 bits per heavy atom. The van der Waals surface area contributed by atoms with E-state index in [1.165, 1.54) is 30.6 Å². The van der Waals surface area contributed by atoms with Crippen LogP contribution in [0.1, 0.15) is 25.7 Å². The van der Waals surface area contributed by atoms with Crippen LogP contribution in [0.2, 0.25) is 0 Å². The predicted octanol–water partition coefficient (Wildman–Crippen LogP) is 2.88. The van der Waals surface area contributed by atoms with Crippen molar-refractivity contribution in [3.63, 3.8) is 0 Å². The molecule has 2 N–H and O–H groups in total. The summed E-state index contributed by atoms with van der Waals surface area (Å²) in [5.41, 5.74) is 0.780. The van der Waals surface area contributed by atoms with Crippen molar-refractivity contribution in [3.05, 3.63) is 54.6 Å². The number of likely N-dealkylation sites (tertiary alicyclic amines) is 1. The molecule has 24 heavy (non-hydrogen) atoms. The summed E-state index contributed by atoms with van der Waals surface area (Å²) in [6, 6.07) is 17.2. The molecular weight excluding hydrogens is 300 g/mol. The average Bonchev–Trinajstić information content (AvgIpc) is 2.84. The van der Waals surface area contributed by atoms with E-state index in [1.807, 2.05) is 54.6 Å². The number of ether oxygens (including phenoxy) is 1. The normalized spacial score (nSPS) is 15.5. The quantitative estimate of drug-likeness (QED) is 0.888. The molecule has 1 fully saturated rings. The molecule has 126 valence electrons. The van der Waals surface area contributed by atoms with Gasteiger partial charge in [0.05, 0.1) is 13.1 Å². The summed E-state index contributed by atoms with van der Waals surface area (Å²) in [5.74, 6) is 1.58. The second-order valence-electron chi connectivity index (χ2n) is 6.33. The smallest absolute Gasteiger partial charge is 0.279 e. The third-order valence-electron chi connectivity index (χ3n) is 4.32. The first-order valence-corrected chi connectivity index (χ1v) is 8.76. The molecule has 0 spiro atoms. The van der Waals surface area contributed by atoms with Crippen LogP contribution in [-0.4, -0.2) is 25.5 Å². The van der Waals surface area contributed by atoms with Crippen LogP contribution in [0, 0.1) is 0 Å². The second-order valence-corrected chi connectivity index (χ2v) is 6.33. The van der Waals surface area contributed by atoms with Crippen LogP contribution in [0.4, 0.5) is 5.69 Å². The molecule has 4 nitrogen and oxygen atoms in total. The summed E-state index contributed by atoms with van der Waals surface area (Å²) in [5, 5.41) is 3.00. The van der Waals surface area contributed by atoms with E-state index in [4.69, 9.17) is 4.74 Å². The maximum atomic E-state index is 12.3. The van der Waals surface area contributed by atoms with Crippen molar-refractivity contribution in [3.8, 4) is 11.5 Å². The van der Waals surface area contributed by atoms with Gasteiger partial charge < -0.3 is 15.0 Å². The molecule has 0 unspecified atom stereocenters. The SMILES string of the molecule is O=C(C[NH+]1CCCCCC1)Nc1cccc(Oc2ccccc2)c1. The lowest BCUT2D eigenvalue weighted by Gasteiger charge is -2.16. The molecule has 0 atom stereocenters. The number of benzene rings is 2. The topological polar surface area (TPSA) is 42.8 Å². The Bertz CT molecular complexity index is 650. The lowest BCUT2D eigenvalue weighted by Crippen LogP contribution is -3.12. The zero-order chi connectivity index (χ0) is 16.6. The van der Waals surface area contributed by atoms with Crippen LogP contribution in [0.25, 0.3) is 0 Å². The van der Waals surface area contributed by atoms with Gasteiger partial charge in [0.25, 0.3) is 5.91 Å². The molecule has 1 amide bonds. The summed E-state index contributed by atoms with van der Waals surface area (Å²) < 4.78 is 5.81. The number of carbonyl (C=O) groups is 1.